The molecule has 2 amide bonds. The van der Waals surface area contributed by atoms with Gasteiger partial charge in [-0.15, -0.1) is 11.3 Å². The van der Waals surface area contributed by atoms with Crippen molar-refractivity contribution in [3.05, 3.63) is 58.7 Å². The van der Waals surface area contributed by atoms with Crippen molar-refractivity contribution in [2.24, 2.45) is 0 Å². The molecule has 0 spiro atoms. The number of hydrogen-bond acceptors (Lipinski definition) is 4. The molecule has 5 nitrogen and oxygen atoms in total. The van der Waals surface area contributed by atoms with E-state index in [-0.39, 0.29) is 30.1 Å². The molecule has 31 heavy (non-hydrogen) atoms. The summed E-state index contributed by atoms with van der Waals surface area (Å²) in [5.74, 6) is -0.712. The van der Waals surface area contributed by atoms with Gasteiger partial charge >= 0.3 is 0 Å². The summed E-state index contributed by atoms with van der Waals surface area (Å²) >= 11 is 1.33. The van der Waals surface area contributed by atoms with E-state index in [1.54, 1.807) is 13.0 Å². The van der Waals surface area contributed by atoms with Gasteiger partial charge in [-0.3, -0.25) is 9.59 Å². The van der Waals surface area contributed by atoms with Gasteiger partial charge in [0.15, 0.2) is 0 Å². The standard InChI is InChI=1S/C24H26FN3O2S/c1-15(26-24(30)23-16(2)20-13-17(25)8-9-21(20)31-23)12-22(29)27-18-6-5-7-19(14-18)28-10-3-4-11-28/h5-9,13-15H,3-4,10-12H2,1-2H3,(H,26,30)(H,27,29). The summed E-state index contributed by atoms with van der Waals surface area (Å²) in [6, 6.07) is 12.1. The zero-order valence-electron chi connectivity index (χ0n) is 17.7. The molecular weight excluding hydrogens is 413 g/mol. The molecule has 1 atom stereocenters. The molecule has 1 unspecified atom stereocenters. The minimum Gasteiger partial charge on any atom is -0.371 e. The number of halogens is 1. The Kier molecular flexibility index (Phi) is 6.23. The molecule has 1 aromatic heterocycles. The molecule has 1 aliphatic rings. The Labute approximate surface area is 185 Å². The maximum atomic E-state index is 13.5. The highest BCUT2D eigenvalue weighted by Crippen LogP contribution is 2.31. The van der Waals surface area contributed by atoms with Crippen LogP contribution in [0.15, 0.2) is 42.5 Å². The van der Waals surface area contributed by atoms with Gasteiger partial charge < -0.3 is 15.5 Å². The lowest BCUT2D eigenvalue weighted by Gasteiger charge is -2.19. The van der Waals surface area contributed by atoms with E-state index in [4.69, 9.17) is 0 Å². The first-order valence-corrected chi connectivity index (χ1v) is 11.4. The van der Waals surface area contributed by atoms with Crippen molar-refractivity contribution in [3.8, 4) is 0 Å². The normalized spacial score (nSPS) is 14.6. The first-order chi connectivity index (χ1) is 14.9. The van der Waals surface area contributed by atoms with E-state index < -0.39 is 0 Å². The molecule has 162 valence electrons. The summed E-state index contributed by atoms with van der Waals surface area (Å²) in [5, 5.41) is 6.58. The van der Waals surface area contributed by atoms with Crippen molar-refractivity contribution in [3.63, 3.8) is 0 Å². The molecular formula is C24H26FN3O2S. The van der Waals surface area contributed by atoms with Gasteiger partial charge in [-0.2, -0.15) is 0 Å². The van der Waals surface area contributed by atoms with Crippen LogP contribution in [0, 0.1) is 12.7 Å². The lowest BCUT2D eigenvalue weighted by Crippen LogP contribution is -2.35. The monoisotopic (exact) mass is 439 g/mol. The van der Waals surface area contributed by atoms with E-state index in [9.17, 15) is 14.0 Å². The minimum atomic E-state index is -0.337. The summed E-state index contributed by atoms with van der Waals surface area (Å²) in [4.78, 5) is 28.1. The Hall–Kier alpha value is -2.93. The third kappa shape index (κ3) is 4.88. The van der Waals surface area contributed by atoms with E-state index in [0.717, 1.165) is 40.1 Å². The summed E-state index contributed by atoms with van der Waals surface area (Å²) in [6.45, 7) is 5.72. The first kappa shape index (κ1) is 21.3. The molecule has 0 radical (unpaired) electrons. The predicted molar refractivity (Wildman–Crippen MR) is 125 cm³/mol. The van der Waals surface area contributed by atoms with Gasteiger partial charge in [0.25, 0.3) is 5.91 Å². The maximum Gasteiger partial charge on any atom is 0.261 e. The molecule has 2 heterocycles. The van der Waals surface area contributed by atoms with Crippen LogP contribution in [-0.2, 0) is 4.79 Å². The second-order valence-corrected chi connectivity index (χ2v) is 9.12. The Morgan fingerprint density at radius 2 is 1.94 bits per heavy atom. The summed E-state index contributed by atoms with van der Waals surface area (Å²) in [5.41, 5.74) is 2.64. The van der Waals surface area contributed by atoms with E-state index in [1.807, 2.05) is 25.1 Å². The third-order valence-corrected chi connectivity index (χ3v) is 6.85. The number of carbonyl (C=O) groups excluding carboxylic acids is 2. The van der Waals surface area contributed by atoms with E-state index >= 15 is 0 Å². The van der Waals surface area contributed by atoms with Gasteiger partial charge in [0.05, 0.1) is 4.88 Å². The highest BCUT2D eigenvalue weighted by molar-refractivity contribution is 7.21. The SMILES string of the molecule is Cc1c(C(=O)NC(C)CC(=O)Nc2cccc(N3CCCC3)c2)sc2ccc(F)cc12. The number of aryl methyl sites for hydroxylation is 1. The molecule has 3 aromatic rings. The average molecular weight is 440 g/mol. The van der Waals surface area contributed by atoms with Crippen LogP contribution < -0.4 is 15.5 Å². The lowest BCUT2D eigenvalue weighted by atomic mass is 10.1. The van der Waals surface area contributed by atoms with E-state index in [1.165, 1.54) is 36.3 Å². The molecule has 1 aliphatic heterocycles. The van der Waals surface area contributed by atoms with Gasteiger partial charge in [-0.1, -0.05) is 6.07 Å². The van der Waals surface area contributed by atoms with Crippen LogP contribution in [0.4, 0.5) is 15.8 Å². The number of benzene rings is 2. The Morgan fingerprint density at radius 3 is 2.71 bits per heavy atom. The second-order valence-electron chi connectivity index (χ2n) is 8.07. The topological polar surface area (TPSA) is 61.4 Å². The molecule has 0 bridgehead atoms. The van der Waals surface area contributed by atoms with Crippen molar-refractivity contribution in [1.29, 1.82) is 0 Å². The Morgan fingerprint density at radius 1 is 1.16 bits per heavy atom. The quantitative estimate of drug-likeness (QED) is 0.562. The number of hydrogen-bond donors (Lipinski definition) is 2. The molecule has 1 saturated heterocycles. The largest absolute Gasteiger partial charge is 0.371 e. The number of rotatable bonds is 6. The minimum absolute atomic E-state index is 0.151. The molecule has 2 aromatic carbocycles. The molecule has 4 rings (SSSR count). The number of amides is 2. The number of anilines is 2. The number of fused-ring (bicyclic) bond motifs is 1. The molecule has 0 aliphatic carbocycles. The van der Waals surface area contributed by atoms with Crippen LogP contribution in [0.3, 0.4) is 0 Å². The van der Waals surface area contributed by atoms with Crippen molar-refractivity contribution < 1.29 is 14.0 Å². The number of nitrogens with zero attached hydrogens (tertiary/aromatic N) is 1. The number of carbonyl (C=O) groups is 2. The summed E-state index contributed by atoms with van der Waals surface area (Å²) in [7, 11) is 0. The van der Waals surface area contributed by atoms with Crippen LogP contribution in [0.1, 0.15) is 41.4 Å². The smallest absolute Gasteiger partial charge is 0.261 e. The van der Waals surface area contributed by atoms with Crippen LogP contribution in [0.2, 0.25) is 0 Å². The van der Waals surface area contributed by atoms with Gasteiger partial charge in [0.1, 0.15) is 5.82 Å². The zero-order chi connectivity index (χ0) is 22.0. The third-order valence-electron chi connectivity index (χ3n) is 5.57. The second kappa shape index (κ2) is 9.06. The van der Waals surface area contributed by atoms with Gasteiger partial charge in [-0.25, -0.2) is 4.39 Å². The number of thiophene rings is 1. The fourth-order valence-corrected chi connectivity index (χ4v) is 5.09. The predicted octanol–water partition coefficient (Wildman–Crippen LogP) is 5.10. The fourth-order valence-electron chi connectivity index (χ4n) is 4.00. The zero-order valence-corrected chi connectivity index (χ0v) is 18.5. The Balaban J connectivity index is 1.36. The van der Waals surface area contributed by atoms with Crippen LogP contribution in [-0.4, -0.2) is 30.9 Å². The Bertz CT molecular complexity index is 1120. The van der Waals surface area contributed by atoms with Gasteiger partial charge in [0.2, 0.25) is 5.91 Å². The first-order valence-electron chi connectivity index (χ1n) is 10.5. The van der Waals surface area contributed by atoms with Gasteiger partial charge in [0, 0.05) is 41.6 Å². The highest BCUT2D eigenvalue weighted by atomic mass is 32.1. The van der Waals surface area contributed by atoms with E-state index in [2.05, 4.69) is 21.6 Å². The van der Waals surface area contributed by atoms with E-state index in [0.29, 0.717) is 4.88 Å². The fraction of sp³-hybridized carbons (Fsp3) is 0.333. The summed E-state index contributed by atoms with van der Waals surface area (Å²) < 4.78 is 14.4. The van der Waals surface area contributed by atoms with Crippen molar-refractivity contribution in [1.82, 2.24) is 5.32 Å². The summed E-state index contributed by atoms with van der Waals surface area (Å²) in [6.07, 6.45) is 2.56. The molecule has 0 saturated carbocycles. The van der Waals surface area contributed by atoms with Crippen molar-refractivity contribution in [2.75, 3.05) is 23.3 Å². The lowest BCUT2D eigenvalue weighted by molar-refractivity contribution is -0.116. The number of nitrogens with one attached hydrogen (secondary N) is 2. The highest BCUT2D eigenvalue weighted by Gasteiger charge is 2.19. The molecule has 1 fully saturated rings. The average Bonchev–Trinajstić information content (AvgIpc) is 3.37. The van der Waals surface area contributed by atoms with Gasteiger partial charge in [-0.05, 0) is 74.0 Å². The van der Waals surface area contributed by atoms with Crippen molar-refractivity contribution >= 4 is 44.6 Å². The maximum absolute atomic E-state index is 13.5. The molecule has 7 heteroatoms. The van der Waals surface area contributed by atoms with Crippen LogP contribution in [0.25, 0.3) is 10.1 Å². The van der Waals surface area contributed by atoms with Crippen LogP contribution >= 0.6 is 11.3 Å². The van der Waals surface area contributed by atoms with Crippen molar-refractivity contribution in [2.45, 2.75) is 39.2 Å². The molecule has 2 N–H and O–H groups in total. The van der Waals surface area contributed by atoms with Crippen LogP contribution in [0.5, 0.6) is 0 Å².